The quantitative estimate of drug-likeness (QED) is 0.583. The molecule has 0 saturated carbocycles. The standard InChI is InChI=1S/C20H16N4O3S/c21-11-18-17(14-5-4-8-16(9-14)24(26)27)10-19(25)23-12-22(13-28-20(18)23)15-6-2-1-3-7-15/h1-9,17H,10,12-13H2/t17-/m1/s1. The Morgan fingerprint density at radius 2 is 1.96 bits per heavy atom. The number of nitro benzene ring substituents is 1. The maximum Gasteiger partial charge on any atom is 0.269 e. The zero-order chi connectivity index (χ0) is 19.7. The molecular formula is C20H16N4O3S. The van der Waals surface area contributed by atoms with Crippen LogP contribution in [0.15, 0.2) is 65.2 Å². The normalized spacial score (nSPS) is 19.2. The predicted octanol–water partition coefficient (Wildman–Crippen LogP) is 3.81. The molecule has 1 atom stereocenters. The van der Waals surface area contributed by atoms with Crippen LogP contribution in [0.1, 0.15) is 17.9 Å². The van der Waals surface area contributed by atoms with Crippen LogP contribution in [0.3, 0.4) is 0 Å². The number of nitro groups is 1. The third-order valence-electron chi connectivity index (χ3n) is 4.90. The second kappa shape index (κ2) is 7.37. The lowest BCUT2D eigenvalue weighted by molar-refractivity contribution is -0.384. The summed E-state index contributed by atoms with van der Waals surface area (Å²) in [7, 11) is 0. The van der Waals surface area contributed by atoms with Crippen molar-refractivity contribution >= 4 is 29.0 Å². The van der Waals surface area contributed by atoms with Crippen LogP contribution in [0.4, 0.5) is 11.4 Å². The number of allylic oxidation sites excluding steroid dienone is 1. The largest absolute Gasteiger partial charge is 0.344 e. The Morgan fingerprint density at radius 1 is 1.18 bits per heavy atom. The van der Waals surface area contributed by atoms with Crippen LogP contribution in [0.2, 0.25) is 0 Å². The number of rotatable bonds is 3. The number of nitriles is 1. The first-order valence-electron chi connectivity index (χ1n) is 8.70. The highest BCUT2D eigenvalue weighted by molar-refractivity contribution is 8.03. The molecule has 0 spiro atoms. The Balaban J connectivity index is 1.68. The molecule has 1 amide bonds. The summed E-state index contributed by atoms with van der Waals surface area (Å²) >= 11 is 1.45. The fraction of sp³-hybridized carbons (Fsp3) is 0.200. The van der Waals surface area contributed by atoms with E-state index in [2.05, 4.69) is 11.0 Å². The molecule has 2 aliphatic rings. The number of carbonyl (C=O) groups is 1. The molecule has 2 heterocycles. The lowest BCUT2D eigenvalue weighted by atomic mass is 9.86. The first-order chi connectivity index (χ1) is 13.6. The van der Waals surface area contributed by atoms with Gasteiger partial charge in [-0.25, -0.2) is 0 Å². The van der Waals surface area contributed by atoms with Gasteiger partial charge < -0.3 is 4.90 Å². The molecule has 2 aliphatic heterocycles. The van der Waals surface area contributed by atoms with E-state index in [1.807, 2.05) is 30.3 Å². The SMILES string of the molecule is N#CC1=C2SCN(c3ccccc3)CN2C(=O)C[C@@H]1c1cccc([N+](=O)[O-])c1. The van der Waals surface area contributed by atoms with Crippen LogP contribution in [0, 0.1) is 21.4 Å². The number of amides is 1. The van der Waals surface area contributed by atoms with Crippen molar-refractivity contribution < 1.29 is 9.72 Å². The summed E-state index contributed by atoms with van der Waals surface area (Å²) in [6.45, 7) is 0.387. The number of nitrogens with zero attached hydrogens (tertiary/aromatic N) is 4. The molecule has 0 aliphatic carbocycles. The molecular weight excluding hydrogens is 376 g/mol. The summed E-state index contributed by atoms with van der Waals surface area (Å²) in [6, 6.07) is 18.3. The summed E-state index contributed by atoms with van der Waals surface area (Å²) in [5.74, 6) is 0.0775. The zero-order valence-electron chi connectivity index (χ0n) is 14.8. The summed E-state index contributed by atoms with van der Waals surface area (Å²) in [5, 5.41) is 21.6. The van der Waals surface area contributed by atoms with E-state index >= 15 is 0 Å². The highest BCUT2D eigenvalue weighted by atomic mass is 32.2. The zero-order valence-corrected chi connectivity index (χ0v) is 15.6. The van der Waals surface area contributed by atoms with E-state index in [0.717, 1.165) is 5.69 Å². The average molecular weight is 392 g/mol. The highest BCUT2D eigenvalue weighted by Crippen LogP contribution is 2.43. The third kappa shape index (κ3) is 3.21. The topological polar surface area (TPSA) is 90.5 Å². The predicted molar refractivity (Wildman–Crippen MR) is 106 cm³/mol. The first kappa shape index (κ1) is 18.1. The number of carbonyl (C=O) groups excluding carboxylic acids is 1. The van der Waals surface area contributed by atoms with Gasteiger partial charge in [0, 0.05) is 30.2 Å². The Kier molecular flexibility index (Phi) is 4.75. The summed E-state index contributed by atoms with van der Waals surface area (Å²) in [6.07, 6.45) is 0.122. The van der Waals surface area contributed by atoms with E-state index in [0.29, 0.717) is 28.7 Å². The van der Waals surface area contributed by atoms with Gasteiger partial charge in [0.1, 0.15) is 0 Å². The monoisotopic (exact) mass is 392 g/mol. The number of hydrogen-bond acceptors (Lipinski definition) is 6. The Morgan fingerprint density at radius 3 is 2.68 bits per heavy atom. The van der Waals surface area contributed by atoms with Gasteiger partial charge in [-0.3, -0.25) is 19.8 Å². The van der Waals surface area contributed by atoms with Crippen molar-refractivity contribution in [2.75, 3.05) is 17.4 Å². The van der Waals surface area contributed by atoms with Crippen molar-refractivity contribution in [3.63, 3.8) is 0 Å². The van der Waals surface area contributed by atoms with E-state index in [4.69, 9.17) is 0 Å². The maximum atomic E-state index is 12.9. The molecule has 28 heavy (non-hydrogen) atoms. The second-order valence-corrected chi connectivity index (χ2v) is 7.49. The lowest BCUT2D eigenvalue weighted by Gasteiger charge is -2.42. The van der Waals surface area contributed by atoms with Gasteiger partial charge in [0.15, 0.2) is 0 Å². The molecule has 4 rings (SSSR count). The average Bonchev–Trinajstić information content (AvgIpc) is 2.74. The van der Waals surface area contributed by atoms with Gasteiger partial charge in [-0.05, 0) is 17.7 Å². The van der Waals surface area contributed by atoms with Crippen molar-refractivity contribution in [3.05, 3.63) is 80.9 Å². The third-order valence-corrected chi connectivity index (χ3v) is 6.05. The minimum Gasteiger partial charge on any atom is -0.344 e. The van der Waals surface area contributed by atoms with Crippen LogP contribution in [-0.4, -0.2) is 28.3 Å². The van der Waals surface area contributed by atoms with Crippen molar-refractivity contribution in [2.45, 2.75) is 12.3 Å². The molecule has 1 saturated heterocycles. The van der Waals surface area contributed by atoms with E-state index in [1.165, 1.54) is 23.9 Å². The molecule has 0 radical (unpaired) electrons. The van der Waals surface area contributed by atoms with Gasteiger partial charge in [-0.1, -0.05) is 42.1 Å². The smallest absolute Gasteiger partial charge is 0.269 e. The number of non-ortho nitro benzene ring substituents is 1. The van der Waals surface area contributed by atoms with Crippen molar-refractivity contribution in [2.24, 2.45) is 0 Å². The number of benzene rings is 2. The Labute approximate surface area is 166 Å². The van der Waals surface area contributed by atoms with Crippen LogP contribution < -0.4 is 4.90 Å². The van der Waals surface area contributed by atoms with Gasteiger partial charge in [0.25, 0.3) is 5.69 Å². The minimum absolute atomic E-state index is 0.0405. The molecule has 140 valence electrons. The van der Waals surface area contributed by atoms with Crippen molar-refractivity contribution in [1.82, 2.24) is 4.90 Å². The van der Waals surface area contributed by atoms with E-state index in [1.54, 1.807) is 17.0 Å². The van der Waals surface area contributed by atoms with E-state index < -0.39 is 10.8 Å². The van der Waals surface area contributed by atoms with Gasteiger partial charge in [0.2, 0.25) is 5.91 Å². The first-order valence-corrected chi connectivity index (χ1v) is 9.69. The fourth-order valence-electron chi connectivity index (χ4n) is 3.50. The molecule has 2 aromatic rings. The van der Waals surface area contributed by atoms with Gasteiger partial charge in [-0.15, -0.1) is 0 Å². The van der Waals surface area contributed by atoms with Gasteiger partial charge in [-0.2, -0.15) is 5.26 Å². The minimum atomic E-state index is -0.466. The highest BCUT2D eigenvalue weighted by Gasteiger charge is 2.38. The van der Waals surface area contributed by atoms with Crippen LogP contribution in [0.25, 0.3) is 0 Å². The van der Waals surface area contributed by atoms with E-state index in [-0.39, 0.29) is 18.0 Å². The molecule has 0 unspecified atom stereocenters. The second-order valence-electron chi connectivity index (χ2n) is 6.55. The molecule has 0 N–H and O–H groups in total. The summed E-state index contributed by atoms with van der Waals surface area (Å²) in [4.78, 5) is 27.2. The Bertz CT molecular complexity index is 1020. The van der Waals surface area contributed by atoms with Crippen molar-refractivity contribution in [1.29, 1.82) is 5.26 Å². The van der Waals surface area contributed by atoms with Gasteiger partial charge in [0.05, 0.1) is 34.1 Å². The van der Waals surface area contributed by atoms with Crippen LogP contribution in [0.5, 0.6) is 0 Å². The molecule has 2 aromatic carbocycles. The maximum absolute atomic E-state index is 12.9. The van der Waals surface area contributed by atoms with Gasteiger partial charge >= 0.3 is 0 Å². The number of hydrogen-bond donors (Lipinski definition) is 0. The van der Waals surface area contributed by atoms with Crippen LogP contribution in [-0.2, 0) is 4.79 Å². The molecule has 1 fully saturated rings. The molecule has 7 nitrogen and oxygen atoms in total. The number of fused-ring (bicyclic) bond motifs is 1. The van der Waals surface area contributed by atoms with Crippen LogP contribution >= 0.6 is 11.8 Å². The summed E-state index contributed by atoms with van der Waals surface area (Å²) in [5.41, 5.74) is 2.09. The molecule has 8 heteroatoms. The summed E-state index contributed by atoms with van der Waals surface area (Å²) < 4.78 is 0. The number of anilines is 1. The fourth-order valence-corrected chi connectivity index (χ4v) is 4.67. The molecule has 0 aromatic heterocycles. The van der Waals surface area contributed by atoms with Crippen molar-refractivity contribution in [3.8, 4) is 6.07 Å². The Hall–Kier alpha value is -3.31. The lowest BCUT2D eigenvalue weighted by Crippen LogP contribution is -2.47. The molecule has 0 bridgehead atoms. The number of para-hydroxylation sites is 1. The van der Waals surface area contributed by atoms with E-state index in [9.17, 15) is 20.2 Å². The number of thioether (sulfide) groups is 1.